The summed E-state index contributed by atoms with van der Waals surface area (Å²) in [6, 6.07) is 9.69. The van der Waals surface area contributed by atoms with Gasteiger partial charge in [0.25, 0.3) is 5.56 Å². The van der Waals surface area contributed by atoms with E-state index in [1.165, 1.54) is 28.0 Å². The number of benzene rings is 1. The highest BCUT2D eigenvalue weighted by molar-refractivity contribution is 7.16. The first-order chi connectivity index (χ1) is 12.1. The molecule has 0 saturated heterocycles. The van der Waals surface area contributed by atoms with Gasteiger partial charge in [-0.2, -0.15) is 9.61 Å². The molecule has 3 heterocycles. The molecule has 0 saturated carbocycles. The zero-order valence-electron chi connectivity index (χ0n) is 13.3. The van der Waals surface area contributed by atoms with Crippen molar-refractivity contribution in [1.82, 2.24) is 14.6 Å². The van der Waals surface area contributed by atoms with Crippen LogP contribution in [0.25, 0.3) is 15.9 Å². The van der Waals surface area contributed by atoms with E-state index in [4.69, 9.17) is 9.15 Å². The van der Waals surface area contributed by atoms with Gasteiger partial charge in [-0.3, -0.25) is 4.79 Å². The van der Waals surface area contributed by atoms with Crippen molar-refractivity contribution in [2.24, 2.45) is 0 Å². The molecule has 0 N–H and O–H groups in total. The Kier molecular flexibility index (Phi) is 3.81. The Hall–Kier alpha value is -3.00. The summed E-state index contributed by atoms with van der Waals surface area (Å²) in [5.74, 6) is 0.530. The van der Waals surface area contributed by atoms with Crippen molar-refractivity contribution in [3.8, 4) is 5.75 Å². The van der Waals surface area contributed by atoms with E-state index in [0.29, 0.717) is 22.0 Å². The van der Waals surface area contributed by atoms with E-state index in [1.807, 2.05) is 6.92 Å². The SMILES string of the molecule is CCc1nn2c(=O)cc(COc3ccc4ccc(=O)oc4c3)nc2s1. The molecule has 0 aliphatic carbocycles. The Labute approximate surface area is 145 Å². The minimum absolute atomic E-state index is 0.133. The third-order valence-electron chi connectivity index (χ3n) is 3.62. The molecule has 126 valence electrons. The van der Waals surface area contributed by atoms with Gasteiger partial charge in [-0.15, -0.1) is 0 Å². The summed E-state index contributed by atoms with van der Waals surface area (Å²) >= 11 is 1.39. The highest BCUT2D eigenvalue weighted by Gasteiger charge is 2.09. The van der Waals surface area contributed by atoms with Gasteiger partial charge in [-0.05, 0) is 24.6 Å². The fourth-order valence-corrected chi connectivity index (χ4v) is 3.26. The molecule has 8 heteroatoms. The van der Waals surface area contributed by atoms with Crippen molar-refractivity contribution < 1.29 is 9.15 Å². The molecule has 4 aromatic rings. The van der Waals surface area contributed by atoms with Crippen LogP contribution in [0.4, 0.5) is 0 Å². The maximum atomic E-state index is 12.1. The number of ether oxygens (including phenoxy) is 1. The van der Waals surface area contributed by atoms with Crippen LogP contribution in [0.1, 0.15) is 17.6 Å². The van der Waals surface area contributed by atoms with Gasteiger partial charge in [-0.1, -0.05) is 18.3 Å². The average Bonchev–Trinajstić information content (AvgIpc) is 3.03. The van der Waals surface area contributed by atoms with Crippen LogP contribution in [-0.2, 0) is 13.0 Å². The van der Waals surface area contributed by atoms with Crippen molar-refractivity contribution in [2.45, 2.75) is 20.0 Å². The van der Waals surface area contributed by atoms with Gasteiger partial charge in [0.2, 0.25) is 4.96 Å². The lowest BCUT2D eigenvalue weighted by Gasteiger charge is -2.06. The van der Waals surface area contributed by atoms with Crippen LogP contribution in [0.15, 0.2) is 50.4 Å². The summed E-state index contributed by atoms with van der Waals surface area (Å²) in [5.41, 5.74) is 0.320. The minimum atomic E-state index is -0.415. The van der Waals surface area contributed by atoms with E-state index in [0.717, 1.165) is 16.8 Å². The van der Waals surface area contributed by atoms with E-state index < -0.39 is 5.63 Å². The Morgan fingerprint density at radius 1 is 1.20 bits per heavy atom. The summed E-state index contributed by atoms with van der Waals surface area (Å²) in [6.07, 6.45) is 0.752. The number of aryl methyl sites for hydroxylation is 1. The van der Waals surface area contributed by atoms with Crippen molar-refractivity contribution in [1.29, 1.82) is 0 Å². The first kappa shape index (κ1) is 15.5. The lowest BCUT2D eigenvalue weighted by atomic mass is 10.2. The number of fused-ring (bicyclic) bond motifs is 2. The molecule has 0 spiro atoms. The van der Waals surface area contributed by atoms with Crippen LogP contribution in [0.3, 0.4) is 0 Å². The molecule has 3 aromatic heterocycles. The Morgan fingerprint density at radius 3 is 2.88 bits per heavy atom. The summed E-state index contributed by atoms with van der Waals surface area (Å²) in [4.78, 5) is 28.4. The fraction of sp³-hybridized carbons (Fsp3) is 0.176. The fourth-order valence-electron chi connectivity index (χ4n) is 2.40. The molecule has 0 atom stereocenters. The van der Waals surface area contributed by atoms with Crippen molar-refractivity contribution in [3.63, 3.8) is 0 Å². The van der Waals surface area contributed by atoms with E-state index in [-0.39, 0.29) is 12.2 Å². The maximum absolute atomic E-state index is 12.1. The monoisotopic (exact) mass is 355 g/mol. The minimum Gasteiger partial charge on any atom is -0.487 e. The van der Waals surface area contributed by atoms with E-state index >= 15 is 0 Å². The molecule has 0 aliphatic heterocycles. The van der Waals surface area contributed by atoms with Gasteiger partial charge in [0, 0.05) is 23.6 Å². The molecule has 0 aliphatic rings. The van der Waals surface area contributed by atoms with Gasteiger partial charge < -0.3 is 9.15 Å². The second kappa shape index (κ2) is 6.14. The lowest BCUT2D eigenvalue weighted by Crippen LogP contribution is -2.16. The Balaban J connectivity index is 1.61. The topological polar surface area (TPSA) is 86.7 Å². The van der Waals surface area contributed by atoms with E-state index in [1.54, 1.807) is 24.3 Å². The maximum Gasteiger partial charge on any atom is 0.336 e. The summed E-state index contributed by atoms with van der Waals surface area (Å²) < 4.78 is 12.1. The van der Waals surface area contributed by atoms with Crippen LogP contribution in [-0.4, -0.2) is 14.6 Å². The van der Waals surface area contributed by atoms with Gasteiger partial charge in [0.15, 0.2) is 0 Å². The molecule has 25 heavy (non-hydrogen) atoms. The summed E-state index contributed by atoms with van der Waals surface area (Å²) in [5, 5.41) is 5.87. The molecule has 4 rings (SSSR count). The van der Waals surface area contributed by atoms with Crippen LogP contribution >= 0.6 is 11.3 Å². The Morgan fingerprint density at radius 2 is 2.04 bits per heavy atom. The number of hydrogen-bond donors (Lipinski definition) is 0. The first-order valence-corrected chi connectivity index (χ1v) is 8.49. The van der Waals surface area contributed by atoms with Crippen molar-refractivity contribution in [2.75, 3.05) is 0 Å². The molecule has 0 unspecified atom stereocenters. The van der Waals surface area contributed by atoms with Crippen LogP contribution < -0.4 is 15.9 Å². The standard InChI is InChI=1S/C17H13N3O4S/c1-2-14-19-20-15(21)7-11(18-17(20)25-14)9-23-12-5-3-10-4-6-16(22)24-13(10)8-12/h3-8H,2,9H2,1H3. The zero-order valence-corrected chi connectivity index (χ0v) is 14.1. The number of rotatable bonds is 4. The third kappa shape index (κ3) is 3.03. The summed E-state index contributed by atoms with van der Waals surface area (Å²) in [6.45, 7) is 2.11. The molecule has 0 fully saturated rings. The normalized spacial score (nSPS) is 11.2. The molecule has 0 radical (unpaired) electrons. The molecular formula is C17H13N3O4S. The summed E-state index contributed by atoms with van der Waals surface area (Å²) in [7, 11) is 0. The highest BCUT2D eigenvalue weighted by Crippen LogP contribution is 2.20. The van der Waals surface area contributed by atoms with Crippen LogP contribution in [0, 0.1) is 0 Å². The number of hydrogen-bond acceptors (Lipinski definition) is 7. The van der Waals surface area contributed by atoms with Crippen molar-refractivity contribution in [3.05, 3.63) is 67.9 Å². The largest absolute Gasteiger partial charge is 0.487 e. The van der Waals surface area contributed by atoms with Crippen LogP contribution in [0.5, 0.6) is 5.75 Å². The first-order valence-electron chi connectivity index (χ1n) is 7.68. The lowest BCUT2D eigenvalue weighted by molar-refractivity contribution is 0.301. The van der Waals surface area contributed by atoms with Gasteiger partial charge in [-0.25, -0.2) is 9.78 Å². The molecular weight excluding hydrogens is 342 g/mol. The molecule has 7 nitrogen and oxygen atoms in total. The van der Waals surface area contributed by atoms with E-state index in [9.17, 15) is 9.59 Å². The average molecular weight is 355 g/mol. The second-order valence-electron chi connectivity index (χ2n) is 5.37. The smallest absolute Gasteiger partial charge is 0.336 e. The van der Waals surface area contributed by atoms with Gasteiger partial charge in [0.05, 0.1) is 5.69 Å². The van der Waals surface area contributed by atoms with Gasteiger partial charge >= 0.3 is 5.63 Å². The van der Waals surface area contributed by atoms with Crippen LogP contribution in [0.2, 0.25) is 0 Å². The van der Waals surface area contributed by atoms with Gasteiger partial charge in [0.1, 0.15) is 22.9 Å². The molecule has 0 bridgehead atoms. The zero-order chi connectivity index (χ0) is 17.4. The van der Waals surface area contributed by atoms with E-state index in [2.05, 4.69) is 10.1 Å². The highest BCUT2D eigenvalue weighted by atomic mass is 32.1. The number of nitrogens with zero attached hydrogens (tertiary/aromatic N) is 3. The van der Waals surface area contributed by atoms with Crippen molar-refractivity contribution >= 4 is 27.3 Å². The number of aromatic nitrogens is 3. The quantitative estimate of drug-likeness (QED) is 0.523. The third-order valence-corrected chi connectivity index (χ3v) is 4.68. The molecule has 0 amide bonds. The second-order valence-corrected chi connectivity index (χ2v) is 6.41. The predicted molar refractivity (Wildman–Crippen MR) is 93.3 cm³/mol. The Bertz CT molecular complexity index is 1190. The molecule has 1 aromatic carbocycles. The predicted octanol–water partition coefficient (Wildman–Crippen LogP) is 2.40.